The third kappa shape index (κ3) is 4.77. The number of hydrogen-bond donors (Lipinski definition) is 2. The standard InChI is InChI=1S/C23H30F3N5O/c1-4-17-10-20(23(24,25)26)31-21(27-17)11-19(29-31)16-7-8-30(12-16)13-22(32)28-18-9-14(2)5-6-15(18)3/h5-6,9,11,16-17,20,27H,4,7-8,10,12-13H2,1-3H3,(H,28,32)/t16-,17+,20-/m0/s1. The minimum Gasteiger partial charge on any atom is -0.367 e. The molecule has 32 heavy (non-hydrogen) atoms. The zero-order valence-electron chi connectivity index (χ0n) is 18.7. The van der Waals surface area contributed by atoms with Crippen molar-refractivity contribution in [3.8, 4) is 0 Å². The SMILES string of the molecule is CC[C@@H]1C[C@@H](C(F)(F)F)n2nc([C@H]3CCN(CC(=O)Nc4cc(C)ccc4C)C3)cc2N1. The lowest BCUT2D eigenvalue weighted by Gasteiger charge is -2.32. The topological polar surface area (TPSA) is 62.2 Å². The largest absolute Gasteiger partial charge is 0.410 e. The smallest absolute Gasteiger partial charge is 0.367 e. The third-order valence-corrected chi connectivity index (χ3v) is 6.51. The molecule has 0 aliphatic carbocycles. The van der Waals surface area contributed by atoms with Crippen LogP contribution in [0.5, 0.6) is 0 Å². The number of alkyl halides is 3. The first-order chi connectivity index (χ1) is 15.1. The molecule has 0 radical (unpaired) electrons. The van der Waals surface area contributed by atoms with E-state index in [-0.39, 0.29) is 30.8 Å². The molecule has 3 atom stereocenters. The zero-order valence-corrected chi connectivity index (χ0v) is 18.7. The molecule has 0 saturated carbocycles. The Morgan fingerprint density at radius 2 is 2.06 bits per heavy atom. The fourth-order valence-corrected chi connectivity index (χ4v) is 4.62. The van der Waals surface area contributed by atoms with Gasteiger partial charge >= 0.3 is 6.18 Å². The molecule has 1 fully saturated rings. The van der Waals surface area contributed by atoms with E-state index in [0.717, 1.165) is 27.9 Å². The number of benzene rings is 1. The van der Waals surface area contributed by atoms with Gasteiger partial charge in [0, 0.05) is 30.3 Å². The molecule has 2 aliphatic rings. The van der Waals surface area contributed by atoms with Gasteiger partial charge in [0.1, 0.15) is 5.82 Å². The molecule has 1 aromatic heterocycles. The Morgan fingerprint density at radius 3 is 2.78 bits per heavy atom. The van der Waals surface area contributed by atoms with Crippen LogP contribution < -0.4 is 10.6 Å². The predicted molar refractivity (Wildman–Crippen MR) is 118 cm³/mol. The zero-order chi connectivity index (χ0) is 23.0. The maximum absolute atomic E-state index is 13.6. The van der Waals surface area contributed by atoms with Gasteiger partial charge in [0.15, 0.2) is 6.04 Å². The Morgan fingerprint density at radius 1 is 1.28 bits per heavy atom. The molecule has 2 aromatic rings. The number of anilines is 2. The van der Waals surface area contributed by atoms with E-state index in [1.54, 1.807) is 6.07 Å². The number of carbonyl (C=O) groups is 1. The summed E-state index contributed by atoms with van der Waals surface area (Å²) in [4.78, 5) is 14.6. The van der Waals surface area contributed by atoms with Crippen LogP contribution in [0.25, 0.3) is 0 Å². The van der Waals surface area contributed by atoms with Gasteiger partial charge in [-0.05, 0) is 56.8 Å². The summed E-state index contributed by atoms with van der Waals surface area (Å²) in [6.07, 6.45) is -2.95. The minimum absolute atomic E-state index is 0.0105. The van der Waals surface area contributed by atoms with Gasteiger partial charge in [-0.3, -0.25) is 9.69 Å². The van der Waals surface area contributed by atoms with Crippen LogP contribution in [0.1, 0.15) is 55.0 Å². The molecule has 1 saturated heterocycles. The quantitative estimate of drug-likeness (QED) is 0.699. The summed E-state index contributed by atoms with van der Waals surface area (Å²) in [7, 11) is 0. The van der Waals surface area contributed by atoms with Crippen molar-refractivity contribution < 1.29 is 18.0 Å². The van der Waals surface area contributed by atoms with E-state index in [4.69, 9.17) is 0 Å². The van der Waals surface area contributed by atoms with Crippen molar-refractivity contribution >= 4 is 17.4 Å². The number of aromatic nitrogens is 2. The van der Waals surface area contributed by atoms with Crippen LogP contribution in [0.4, 0.5) is 24.7 Å². The van der Waals surface area contributed by atoms with Crippen LogP contribution in [-0.4, -0.2) is 52.4 Å². The van der Waals surface area contributed by atoms with Crippen molar-refractivity contribution in [1.82, 2.24) is 14.7 Å². The second-order valence-corrected chi connectivity index (χ2v) is 9.03. The lowest BCUT2D eigenvalue weighted by Crippen LogP contribution is -2.38. The predicted octanol–water partition coefficient (Wildman–Crippen LogP) is 4.63. The number of nitrogens with zero attached hydrogens (tertiary/aromatic N) is 3. The summed E-state index contributed by atoms with van der Waals surface area (Å²) >= 11 is 0. The highest BCUT2D eigenvalue weighted by Gasteiger charge is 2.46. The second-order valence-electron chi connectivity index (χ2n) is 9.03. The van der Waals surface area contributed by atoms with Crippen molar-refractivity contribution in [2.24, 2.45) is 0 Å². The van der Waals surface area contributed by atoms with E-state index in [1.807, 2.05) is 43.9 Å². The summed E-state index contributed by atoms with van der Waals surface area (Å²) in [5.74, 6) is 0.358. The van der Waals surface area contributed by atoms with Crippen LogP contribution in [-0.2, 0) is 4.79 Å². The maximum Gasteiger partial charge on any atom is 0.410 e. The Labute approximate surface area is 186 Å². The highest BCUT2D eigenvalue weighted by molar-refractivity contribution is 5.93. The normalized spacial score (nSPS) is 23.6. The highest BCUT2D eigenvalue weighted by atomic mass is 19.4. The van der Waals surface area contributed by atoms with Crippen molar-refractivity contribution in [3.05, 3.63) is 41.1 Å². The van der Waals surface area contributed by atoms with Crippen molar-refractivity contribution in [3.63, 3.8) is 0 Å². The Kier molecular flexibility index (Phi) is 6.20. The molecule has 0 bridgehead atoms. The molecule has 2 aliphatic heterocycles. The molecule has 1 aromatic carbocycles. The van der Waals surface area contributed by atoms with Crippen LogP contribution in [0.2, 0.25) is 0 Å². The molecule has 3 heterocycles. The number of nitrogens with one attached hydrogen (secondary N) is 2. The van der Waals surface area contributed by atoms with Gasteiger partial charge in [0.05, 0.1) is 12.2 Å². The summed E-state index contributed by atoms with van der Waals surface area (Å²) in [6.45, 7) is 7.37. The number of likely N-dealkylation sites (tertiary alicyclic amines) is 1. The van der Waals surface area contributed by atoms with Gasteiger partial charge in [0.25, 0.3) is 0 Å². The number of carbonyl (C=O) groups excluding carboxylic acids is 1. The summed E-state index contributed by atoms with van der Waals surface area (Å²) in [5, 5.41) is 10.5. The van der Waals surface area contributed by atoms with Gasteiger partial charge in [-0.25, -0.2) is 4.68 Å². The second kappa shape index (κ2) is 8.77. The first kappa shape index (κ1) is 22.6. The number of hydrogen-bond acceptors (Lipinski definition) is 4. The molecule has 6 nitrogen and oxygen atoms in total. The molecular formula is C23H30F3N5O. The fourth-order valence-electron chi connectivity index (χ4n) is 4.62. The van der Waals surface area contributed by atoms with Crippen LogP contribution in [0.15, 0.2) is 24.3 Å². The maximum atomic E-state index is 13.6. The van der Waals surface area contributed by atoms with E-state index in [9.17, 15) is 18.0 Å². The van der Waals surface area contributed by atoms with Gasteiger partial charge in [-0.1, -0.05) is 19.1 Å². The molecule has 0 spiro atoms. The minimum atomic E-state index is -4.33. The third-order valence-electron chi connectivity index (χ3n) is 6.51. The molecule has 174 valence electrons. The van der Waals surface area contributed by atoms with Crippen molar-refractivity contribution in [1.29, 1.82) is 0 Å². The lowest BCUT2D eigenvalue weighted by molar-refractivity contribution is -0.173. The molecule has 2 N–H and O–H groups in total. The van der Waals surface area contributed by atoms with Gasteiger partial charge in [-0.2, -0.15) is 18.3 Å². The van der Waals surface area contributed by atoms with Gasteiger partial charge in [0.2, 0.25) is 5.91 Å². The number of rotatable bonds is 5. The highest BCUT2D eigenvalue weighted by Crippen LogP contribution is 2.41. The number of amides is 1. The fraction of sp³-hybridized carbons (Fsp3) is 0.565. The lowest BCUT2D eigenvalue weighted by atomic mass is 10.0. The summed E-state index contributed by atoms with van der Waals surface area (Å²) in [5.41, 5.74) is 3.55. The summed E-state index contributed by atoms with van der Waals surface area (Å²) < 4.78 is 41.9. The van der Waals surface area contributed by atoms with Crippen LogP contribution >= 0.6 is 0 Å². The Hall–Kier alpha value is -2.55. The first-order valence-corrected chi connectivity index (χ1v) is 11.2. The molecule has 9 heteroatoms. The monoisotopic (exact) mass is 449 g/mol. The average Bonchev–Trinajstić information content (AvgIpc) is 3.35. The van der Waals surface area contributed by atoms with E-state index in [2.05, 4.69) is 15.7 Å². The van der Waals surface area contributed by atoms with Crippen LogP contribution in [0, 0.1) is 13.8 Å². The van der Waals surface area contributed by atoms with E-state index < -0.39 is 12.2 Å². The van der Waals surface area contributed by atoms with Crippen molar-refractivity contribution in [2.75, 3.05) is 30.3 Å². The van der Waals surface area contributed by atoms with E-state index in [0.29, 0.717) is 31.0 Å². The first-order valence-electron chi connectivity index (χ1n) is 11.2. The molecular weight excluding hydrogens is 419 g/mol. The van der Waals surface area contributed by atoms with Gasteiger partial charge < -0.3 is 10.6 Å². The molecule has 4 rings (SSSR count). The average molecular weight is 450 g/mol. The number of fused-ring (bicyclic) bond motifs is 1. The Balaban J connectivity index is 1.41. The Bertz CT molecular complexity index is 986. The van der Waals surface area contributed by atoms with Gasteiger partial charge in [-0.15, -0.1) is 0 Å². The molecule has 0 unspecified atom stereocenters. The van der Waals surface area contributed by atoms with E-state index in [1.165, 1.54) is 0 Å². The van der Waals surface area contributed by atoms with Crippen molar-refractivity contribution in [2.45, 2.75) is 64.2 Å². The number of aryl methyl sites for hydroxylation is 2. The summed E-state index contributed by atoms with van der Waals surface area (Å²) in [6, 6.07) is 5.86. The number of halogens is 3. The van der Waals surface area contributed by atoms with E-state index >= 15 is 0 Å². The molecule has 1 amide bonds. The van der Waals surface area contributed by atoms with Crippen LogP contribution in [0.3, 0.4) is 0 Å².